The van der Waals surface area contributed by atoms with Crippen molar-refractivity contribution < 1.29 is 4.39 Å². The molecule has 3 rings (SSSR count). The third-order valence-electron chi connectivity index (χ3n) is 4.13. The van der Waals surface area contributed by atoms with Gasteiger partial charge in [0.05, 0.1) is 0 Å². The quantitative estimate of drug-likeness (QED) is 0.853. The Balaban J connectivity index is 1.53. The van der Waals surface area contributed by atoms with Crippen molar-refractivity contribution in [2.24, 2.45) is 0 Å². The summed E-state index contributed by atoms with van der Waals surface area (Å²) >= 11 is 1.86. The molecule has 0 aliphatic heterocycles. The molecule has 1 aliphatic carbocycles. The average Bonchev–Trinajstić information content (AvgIpc) is 2.80. The van der Waals surface area contributed by atoms with Gasteiger partial charge in [0.1, 0.15) is 5.82 Å². The van der Waals surface area contributed by atoms with Crippen molar-refractivity contribution >= 4 is 11.3 Å². The van der Waals surface area contributed by atoms with Crippen LogP contribution in [0.2, 0.25) is 0 Å². The Hall–Kier alpha value is -1.19. The van der Waals surface area contributed by atoms with Gasteiger partial charge in [0.25, 0.3) is 0 Å². The molecule has 1 saturated carbocycles. The minimum absolute atomic E-state index is 0.124. The van der Waals surface area contributed by atoms with Crippen LogP contribution in [0.3, 0.4) is 0 Å². The molecule has 1 atom stereocenters. The van der Waals surface area contributed by atoms with Gasteiger partial charge in [-0.15, -0.1) is 11.3 Å². The van der Waals surface area contributed by atoms with Crippen LogP contribution in [0, 0.1) is 12.7 Å². The van der Waals surface area contributed by atoms with E-state index < -0.39 is 0 Å². The predicted molar refractivity (Wildman–Crippen MR) is 82.8 cm³/mol. The number of nitrogens with one attached hydrogen (secondary N) is 1. The van der Waals surface area contributed by atoms with Gasteiger partial charge < -0.3 is 5.32 Å². The lowest BCUT2D eigenvalue weighted by atomic mass is 9.75. The molecule has 0 radical (unpaired) electrons. The number of rotatable bonds is 4. The van der Waals surface area contributed by atoms with Gasteiger partial charge in [0.2, 0.25) is 0 Å². The van der Waals surface area contributed by atoms with Crippen LogP contribution in [-0.4, -0.2) is 6.04 Å². The maximum atomic E-state index is 13.2. The van der Waals surface area contributed by atoms with Gasteiger partial charge in [-0.3, -0.25) is 0 Å². The van der Waals surface area contributed by atoms with Crippen molar-refractivity contribution in [3.8, 4) is 0 Å². The summed E-state index contributed by atoms with van der Waals surface area (Å²) in [6, 6.07) is 12.4. The number of halogens is 1. The molecule has 1 fully saturated rings. The van der Waals surface area contributed by atoms with Gasteiger partial charge in [-0.05, 0) is 62.4 Å². The van der Waals surface area contributed by atoms with E-state index in [1.165, 1.54) is 15.8 Å². The zero-order valence-corrected chi connectivity index (χ0v) is 12.7. The van der Waals surface area contributed by atoms with E-state index in [0.717, 1.165) is 18.4 Å². The van der Waals surface area contributed by atoms with Crippen molar-refractivity contribution in [2.45, 2.75) is 44.7 Å². The first-order valence-electron chi connectivity index (χ1n) is 7.19. The maximum Gasteiger partial charge on any atom is 0.123 e. The lowest BCUT2D eigenvalue weighted by Gasteiger charge is -2.38. The van der Waals surface area contributed by atoms with E-state index in [2.05, 4.69) is 31.3 Å². The van der Waals surface area contributed by atoms with E-state index in [1.807, 2.05) is 23.5 Å². The first-order chi connectivity index (χ1) is 9.61. The lowest BCUT2D eigenvalue weighted by molar-refractivity contribution is 0.271. The molecule has 20 heavy (non-hydrogen) atoms. The summed E-state index contributed by atoms with van der Waals surface area (Å²) in [6.07, 6.45) is 2.22. The second-order valence-electron chi connectivity index (χ2n) is 5.76. The molecule has 0 amide bonds. The van der Waals surface area contributed by atoms with Gasteiger partial charge >= 0.3 is 0 Å². The molecule has 1 aliphatic rings. The Morgan fingerprint density at radius 3 is 2.70 bits per heavy atom. The second kappa shape index (κ2) is 5.66. The number of aryl methyl sites for hydroxylation is 1. The zero-order chi connectivity index (χ0) is 14.1. The van der Waals surface area contributed by atoms with Crippen LogP contribution in [0.4, 0.5) is 4.39 Å². The van der Waals surface area contributed by atoms with Gasteiger partial charge in [-0.25, -0.2) is 4.39 Å². The molecule has 1 unspecified atom stereocenters. The summed E-state index contributed by atoms with van der Waals surface area (Å²) < 4.78 is 13.2. The highest BCUT2D eigenvalue weighted by Crippen LogP contribution is 2.38. The highest BCUT2D eigenvalue weighted by atomic mass is 32.1. The molecule has 106 valence electrons. The fraction of sp³-hybridized carbons (Fsp3) is 0.412. The number of thiophene rings is 1. The first kappa shape index (κ1) is 13.8. The van der Waals surface area contributed by atoms with Crippen molar-refractivity contribution in [3.05, 3.63) is 57.5 Å². The van der Waals surface area contributed by atoms with Gasteiger partial charge in [-0.2, -0.15) is 0 Å². The smallest absolute Gasteiger partial charge is 0.123 e. The Bertz CT molecular complexity index is 586. The van der Waals surface area contributed by atoms with Gasteiger partial charge in [-0.1, -0.05) is 12.1 Å². The molecule has 3 heteroatoms. The minimum Gasteiger partial charge on any atom is -0.307 e. The summed E-state index contributed by atoms with van der Waals surface area (Å²) in [5, 5.41) is 3.68. The van der Waals surface area contributed by atoms with Crippen LogP contribution in [-0.2, 0) is 0 Å². The zero-order valence-electron chi connectivity index (χ0n) is 11.9. The lowest BCUT2D eigenvalue weighted by Crippen LogP contribution is -2.41. The summed E-state index contributed by atoms with van der Waals surface area (Å²) in [5.74, 6) is 0.391. The van der Waals surface area contributed by atoms with Crippen molar-refractivity contribution in [1.82, 2.24) is 5.32 Å². The van der Waals surface area contributed by atoms with Crippen LogP contribution in [0.1, 0.15) is 47.0 Å². The van der Waals surface area contributed by atoms with Crippen LogP contribution in [0.15, 0.2) is 36.4 Å². The summed E-state index contributed by atoms with van der Waals surface area (Å²) in [7, 11) is 0. The SMILES string of the molecule is Cc1ccc(C(C)NC2CC(c3cccc(F)c3)C2)s1. The van der Waals surface area contributed by atoms with E-state index in [0.29, 0.717) is 18.0 Å². The van der Waals surface area contributed by atoms with Crippen molar-refractivity contribution in [2.75, 3.05) is 0 Å². The summed E-state index contributed by atoms with van der Waals surface area (Å²) in [6.45, 7) is 4.37. The van der Waals surface area contributed by atoms with E-state index >= 15 is 0 Å². The summed E-state index contributed by atoms with van der Waals surface area (Å²) in [4.78, 5) is 2.76. The van der Waals surface area contributed by atoms with E-state index in [-0.39, 0.29) is 5.82 Å². The second-order valence-corrected chi connectivity index (χ2v) is 7.08. The van der Waals surface area contributed by atoms with E-state index in [4.69, 9.17) is 0 Å². The molecule has 0 bridgehead atoms. The molecule has 1 heterocycles. The largest absolute Gasteiger partial charge is 0.307 e. The molecule has 0 spiro atoms. The molecular formula is C17H20FNS. The third-order valence-corrected chi connectivity index (χ3v) is 5.32. The highest BCUT2D eigenvalue weighted by molar-refractivity contribution is 7.12. The van der Waals surface area contributed by atoms with Gasteiger partial charge in [0, 0.05) is 21.8 Å². The average molecular weight is 289 g/mol. The fourth-order valence-corrected chi connectivity index (χ4v) is 3.80. The molecule has 0 saturated heterocycles. The molecule has 1 aromatic carbocycles. The molecular weight excluding hydrogens is 269 g/mol. The topological polar surface area (TPSA) is 12.0 Å². The van der Waals surface area contributed by atoms with Crippen LogP contribution in [0.25, 0.3) is 0 Å². The van der Waals surface area contributed by atoms with Crippen LogP contribution in [0.5, 0.6) is 0 Å². The molecule has 1 nitrogen and oxygen atoms in total. The summed E-state index contributed by atoms with van der Waals surface area (Å²) in [5.41, 5.74) is 1.14. The third kappa shape index (κ3) is 2.94. The maximum absolute atomic E-state index is 13.2. The minimum atomic E-state index is -0.124. The molecule has 1 N–H and O–H groups in total. The Morgan fingerprint density at radius 2 is 2.05 bits per heavy atom. The molecule has 1 aromatic heterocycles. The highest BCUT2D eigenvalue weighted by Gasteiger charge is 2.31. The monoisotopic (exact) mass is 289 g/mol. The Labute approximate surface area is 123 Å². The number of hydrogen-bond donors (Lipinski definition) is 1. The first-order valence-corrected chi connectivity index (χ1v) is 8.01. The van der Waals surface area contributed by atoms with Crippen molar-refractivity contribution in [3.63, 3.8) is 0 Å². The number of hydrogen-bond acceptors (Lipinski definition) is 2. The predicted octanol–water partition coefficient (Wildman–Crippen LogP) is 4.79. The standard InChI is InChI=1S/C17H20FNS/c1-11-6-7-17(20-11)12(2)19-16-9-14(10-16)13-4-3-5-15(18)8-13/h3-8,12,14,16,19H,9-10H2,1-2H3. The fourth-order valence-electron chi connectivity index (χ4n) is 2.91. The van der Waals surface area contributed by atoms with Crippen LogP contribution >= 0.6 is 11.3 Å². The number of benzene rings is 1. The molecule has 2 aromatic rings. The van der Waals surface area contributed by atoms with Crippen molar-refractivity contribution in [1.29, 1.82) is 0 Å². The van der Waals surface area contributed by atoms with E-state index in [1.54, 1.807) is 6.07 Å². The van der Waals surface area contributed by atoms with E-state index in [9.17, 15) is 4.39 Å². The Morgan fingerprint density at radius 1 is 1.25 bits per heavy atom. The van der Waals surface area contributed by atoms with Crippen LogP contribution < -0.4 is 5.32 Å². The Kier molecular flexibility index (Phi) is 3.90. The normalized spacial score (nSPS) is 23.4. The van der Waals surface area contributed by atoms with Gasteiger partial charge in [0.15, 0.2) is 0 Å².